The molecule has 2 rings (SSSR count). The Kier molecular flexibility index (Phi) is 10.2. The summed E-state index contributed by atoms with van der Waals surface area (Å²) in [6.45, 7) is 8.19. The topological polar surface area (TPSA) is 91.7 Å². The van der Waals surface area contributed by atoms with E-state index in [4.69, 9.17) is 0 Å². The molecule has 0 radical (unpaired) electrons. The van der Waals surface area contributed by atoms with Gasteiger partial charge in [-0.25, -0.2) is 8.42 Å². The number of unbranched alkanes of at least 4 members (excludes halogenated alkanes) is 2. The molecule has 6 heteroatoms. The molecule has 33 heavy (non-hydrogen) atoms. The van der Waals surface area contributed by atoms with Gasteiger partial charge in [0.05, 0.1) is 5.25 Å². The minimum absolute atomic E-state index is 0.0404. The van der Waals surface area contributed by atoms with Crippen LogP contribution < -0.4 is 0 Å². The maximum Gasteiger partial charge on any atom is 0.185 e. The van der Waals surface area contributed by atoms with Crippen LogP contribution in [0.5, 0.6) is 11.5 Å². The molecular weight excluding hydrogens is 436 g/mol. The van der Waals surface area contributed by atoms with E-state index in [1.54, 1.807) is 0 Å². The summed E-state index contributed by atoms with van der Waals surface area (Å²) in [5.74, 6) is -0.300. The average molecular weight is 477 g/mol. The van der Waals surface area contributed by atoms with Crippen molar-refractivity contribution in [2.24, 2.45) is 0 Å². The van der Waals surface area contributed by atoms with Crippen molar-refractivity contribution in [2.45, 2.75) is 108 Å². The molecule has 0 unspecified atom stereocenters. The first-order chi connectivity index (χ1) is 15.6. The molecule has 5 nitrogen and oxygen atoms in total. The molecule has 1 aromatic rings. The van der Waals surface area contributed by atoms with Gasteiger partial charge in [-0.2, -0.15) is 0 Å². The molecule has 0 aliphatic heterocycles. The van der Waals surface area contributed by atoms with E-state index in [-0.39, 0.29) is 59.8 Å². The van der Waals surface area contributed by atoms with Gasteiger partial charge in [-0.3, -0.25) is 4.79 Å². The minimum atomic E-state index is -3.83. The summed E-state index contributed by atoms with van der Waals surface area (Å²) in [5.41, 5.74) is 3.11. The first-order valence-electron chi connectivity index (χ1n) is 12.2. The van der Waals surface area contributed by atoms with Crippen LogP contribution in [0.4, 0.5) is 0 Å². The Morgan fingerprint density at radius 3 is 2.36 bits per heavy atom. The highest BCUT2D eigenvalue weighted by Crippen LogP contribution is 2.41. The Labute approximate surface area is 199 Å². The van der Waals surface area contributed by atoms with Crippen LogP contribution in [0.1, 0.15) is 96.6 Å². The van der Waals surface area contributed by atoms with Crippen molar-refractivity contribution in [3.63, 3.8) is 0 Å². The number of carbonyl (C=O) groups is 1. The number of ketones is 1. The molecule has 0 aromatic heterocycles. The number of carbonyl (C=O) groups excluding carboxylic acids is 1. The van der Waals surface area contributed by atoms with Crippen molar-refractivity contribution in [1.29, 1.82) is 0 Å². The van der Waals surface area contributed by atoms with E-state index in [9.17, 15) is 23.4 Å². The number of Topliss-reactive ketones (excluding diaryl/α,β-unsaturated/α-hetero) is 1. The van der Waals surface area contributed by atoms with E-state index in [2.05, 4.69) is 26.8 Å². The second-order valence-electron chi connectivity index (χ2n) is 9.53. The number of aryl methyl sites for hydroxylation is 1. The zero-order valence-electron chi connectivity index (χ0n) is 20.6. The number of allylic oxidation sites excluding steroid dienone is 4. The Hall–Kier alpha value is -2.08. The summed E-state index contributed by atoms with van der Waals surface area (Å²) in [4.78, 5) is 11.6. The van der Waals surface area contributed by atoms with Gasteiger partial charge in [0.1, 0.15) is 22.2 Å². The van der Waals surface area contributed by atoms with Gasteiger partial charge in [-0.15, -0.1) is 0 Å². The molecule has 0 bridgehead atoms. The van der Waals surface area contributed by atoms with Gasteiger partial charge in [0.25, 0.3) is 0 Å². The summed E-state index contributed by atoms with van der Waals surface area (Å²) in [6.07, 6.45) is 10.4. The Bertz CT molecular complexity index is 988. The normalized spacial score (nSPS) is 15.6. The lowest BCUT2D eigenvalue weighted by atomic mass is 9.99. The van der Waals surface area contributed by atoms with Crippen LogP contribution in [0.2, 0.25) is 0 Å². The maximum absolute atomic E-state index is 13.6. The molecule has 1 aliphatic rings. The van der Waals surface area contributed by atoms with Crippen LogP contribution in [-0.2, 0) is 27.5 Å². The van der Waals surface area contributed by atoms with E-state index < -0.39 is 15.1 Å². The van der Waals surface area contributed by atoms with E-state index in [0.717, 1.165) is 37.7 Å². The van der Waals surface area contributed by atoms with E-state index >= 15 is 0 Å². The maximum atomic E-state index is 13.6. The third kappa shape index (κ3) is 7.46. The van der Waals surface area contributed by atoms with Crippen LogP contribution >= 0.6 is 0 Å². The fourth-order valence-corrected chi connectivity index (χ4v) is 6.46. The summed E-state index contributed by atoms with van der Waals surface area (Å²) in [6, 6.07) is 1.53. The second-order valence-corrected chi connectivity index (χ2v) is 11.7. The van der Waals surface area contributed by atoms with E-state index in [1.165, 1.54) is 11.6 Å². The number of aromatic hydroxyl groups is 2. The van der Waals surface area contributed by atoms with Gasteiger partial charge in [-0.1, -0.05) is 43.1 Å². The van der Waals surface area contributed by atoms with Gasteiger partial charge in [0.2, 0.25) is 0 Å². The molecule has 1 saturated carbocycles. The largest absolute Gasteiger partial charge is 0.508 e. The zero-order chi connectivity index (χ0) is 24.6. The van der Waals surface area contributed by atoms with E-state index in [0.29, 0.717) is 12.0 Å². The van der Waals surface area contributed by atoms with Gasteiger partial charge >= 0.3 is 0 Å². The Morgan fingerprint density at radius 2 is 1.76 bits per heavy atom. The number of hydrogen-bond donors (Lipinski definition) is 2. The third-order valence-corrected chi connectivity index (χ3v) is 8.80. The van der Waals surface area contributed by atoms with Crippen molar-refractivity contribution < 1.29 is 23.4 Å². The minimum Gasteiger partial charge on any atom is -0.508 e. The monoisotopic (exact) mass is 476 g/mol. The van der Waals surface area contributed by atoms with Crippen molar-refractivity contribution in [2.75, 3.05) is 0 Å². The first kappa shape index (κ1) is 27.2. The fraction of sp³-hybridized carbons (Fsp3) is 0.593. The number of rotatable bonds is 11. The Balaban J connectivity index is 2.42. The molecule has 0 spiro atoms. The molecule has 1 aromatic carbocycles. The SMILES string of the molecule is CCCCCc1cc(O)c(CC=C(C)CCC=C(C)C)c(O)c1S(=O)(=O)C1CCC(=O)CC1. The van der Waals surface area contributed by atoms with Gasteiger partial charge < -0.3 is 10.2 Å². The van der Waals surface area contributed by atoms with Crippen molar-refractivity contribution in [3.8, 4) is 11.5 Å². The molecular formula is C27H40O5S. The third-order valence-electron chi connectivity index (χ3n) is 6.42. The van der Waals surface area contributed by atoms with Gasteiger partial charge in [0.15, 0.2) is 9.84 Å². The summed E-state index contributed by atoms with van der Waals surface area (Å²) in [7, 11) is -3.83. The highest BCUT2D eigenvalue weighted by Gasteiger charge is 2.36. The highest BCUT2D eigenvalue weighted by atomic mass is 32.2. The predicted octanol–water partition coefficient (Wildman–Crippen LogP) is 6.35. The van der Waals surface area contributed by atoms with Crippen molar-refractivity contribution in [3.05, 3.63) is 40.5 Å². The molecule has 0 saturated heterocycles. The zero-order valence-corrected chi connectivity index (χ0v) is 21.4. The standard InChI is InChI=1S/C27H40O5S/c1-5-6-7-11-21-18-25(29)24(17-12-20(4)10-8-9-19(2)3)26(30)27(21)33(31,32)23-15-13-22(28)14-16-23/h9,12,18,23,29-30H,5-8,10-11,13-17H2,1-4H3. The van der Waals surface area contributed by atoms with Crippen LogP contribution in [-0.4, -0.2) is 29.7 Å². The molecule has 1 fully saturated rings. The van der Waals surface area contributed by atoms with Gasteiger partial charge in [0, 0.05) is 18.4 Å². The predicted molar refractivity (Wildman–Crippen MR) is 134 cm³/mol. The van der Waals surface area contributed by atoms with Crippen molar-refractivity contribution in [1.82, 2.24) is 0 Å². The molecule has 2 N–H and O–H groups in total. The second kappa shape index (κ2) is 12.4. The smallest absolute Gasteiger partial charge is 0.185 e. The Morgan fingerprint density at radius 1 is 1.09 bits per heavy atom. The van der Waals surface area contributed by atoms with Crippen LogP contribution in [0.25, 0.3) is 0 Å². The van der Waals surface area contributed by atoms with Gasteiger partial charge in [-0.05, 0) is 77.3 Å². The lowest BCUT2D eigenvalue weighted by Crippen LogP contribution is -2.28. The summed E-state index contributed by atoms with van der Waals surface area (Å²) >= 11 is 0. The summed E-state index contributed by atoms with van der Waals surface area (Å²) in [5, 5.41) is 21.2. The molecule has 1 aliphatic carbocycles. The first-order valence-corrected chi connectivity index (χ1v) is 13.7. The lowest BCUT2D eigenvalue weighted by Gasteiger charge is -2.24. The lowest BCUT2D eigenvalue weighted by molar-refractivity contribution is -0.120. The molecule has 0 atom stereocenters. The number of hydrogen-bond acceptors (Lipinski definition) is 5. The fourth-order valence-electron chi connectivity index (χ4n) is 4.36. The number of phenolic OH excluding ortho intramolecular Hbond substituents is 2. The van der Waals surface area contributed by atoms with E-state index in [1.807, 2.05) is 13.0 Å². The van der Waals surface area contributed by atoms with Crippen molar-refractivity contribution >= 4 is 15.6 Å². The number of benzene rings is 1. The molecule has 0 amide bonds. The number of phenols is 2. The quantitative estimate of drug-likeness (QED) is 0.287. The molecule has 0 heterocycles. The summed E-state index contributed by atoms with van der Waals surface area (Å²) < 4.78 is 27.2. The highest BCUT2D eigenvalue weighted by molar-refractivity contribution is 7.92. The average Bonchev–Trinajstić information content (AvgIpc) is 2.73. The van der Waals surface area contributed by atoms with Crippen LogP contribution in [0, 0.1) is 0 Å². The van der Waals surface area contributed by atoms with Crippen LogP contribution in [0.3, 0.4) is 0 Å². The molecule has 184 valence electrons. The van der Waals surface area contributed by atoms with Crippen LogP contribution in [0.15, 0.2) is 34.3 Å². The number of sulfone groups is 1.